The molecule has 5 heteroatoms. The molecular formula is C15H22N2O3. The Hall–Kier alpha value is -1.43. The van der Waals surface area contributed by atoms with Gasteiger partial charge in [0.05, 0.1) is 19.3 Å². The Morgan fingerprint density at radius 1 is 1.45 bits per heavy atom. The molecule has 20 heavy (non-hydrogen) atoms. The van der Waals surface area contributed by atoms with E-state index in [-0.39, 0.29) is 24.7 Å². The summed E-state index contributed by atoms with van der Waals surface area (Å²) in [6.45, 7) is 4.06. The zero-order valence-corrected chi connectivity index (χ0v) is 11.8. The number of hydrogen-bond donors (Lipinski definition) is 2. The van der Waals surface area contributed by atoms with E-state index in [0.717, 1.165) is 5.69 Å². The molecule has 2 atom stereocenters. The monoisotopic (exact) mass is 278 g/mol. The number of rotatable bonds is 5. The van der Waals surface area contributed by atoms with Crippen LogP contribution in [0.15, 0.2) is 30.3 Å². The van der Waals surface area contributed by atoms with Crippen LogP contribution in [0.5, 0.6) is 0 Å². The summed E-state index contributed by atoms with van der Waals surface area (Å²) >= 11 is 0. The van der Waals surface area contributed by atoms with E-state index >= 15 is 0 Å². The highest BCUT2D eigenvalue weighted by Crippen LogP contribution is 2.12. The molecule has 1 heterocycles. The number of nitrogens with zero attached hydrogens (tertiary/aromatic N) is 1. The second kappa shape index (κ2) is 7.38. The van der Waals surface area contributed by atoms with Gasteiger partial charge in [-0.05, 0) is 19.1 Å². The molecule has 2 unspecified atom stereocenters. The summed E-state index contributed by atoms with van der Waals surface area (Å²) in [5.74, 6) is 0.00967. The summed E-state index contributed by atoms with van der Waals surface area (Å²) in [5, 5.41) is 12.0. The van der Waals surface area contributed by atoms with E-state index < -0.39 is 0 Å². The maximum Gasteiger partial charge on any atom is 0.225 e. The van der Waals surface area contributed by atoms with Gasteiger partial charge < -0.3 is 15.2 Å². The quantitative estimate of drug-likeness (QED) is 0.846. The van der Waals surface area contributed by atoms with Gasteiger partial charge in [-0.15, -0.1) is 0 Å². The van der Waals surface area contributed by atoms with E-state index in [1.165, 1.54) is 0 Å². The third-order valence-corrected chi connectivity index (χ3v) is 3.52. The number of amides is 1. The first-order valence-corrected chi connectivity index (χ1v) is 7.00. The number of aliphatic hydroxyl groups excluding tert-OH is 1. The van der Waals surface area contributed by atoms with Gasteiger partial charge in [0.25, 0.3) is 0 Å². The van der Waals surface area contributed by atoms with E-state index in [2.05, 4.69) is 17.1 Å². The highest BCUT2D eigenvalue weighted by Gasteiger charge is 2.25. The Morgan fingerprint density at radius 2 is 2.20 bits per heavy atom. The lowest BCUT2D eigenvalue weighted by atomic mass is 10.2. The van der Waals surface area contributed by atoms with Crippen LogP contribution in [-0.2, 0) is 9.53 Å². The van der Waals surface area contributed by atoms with Crippen LogP contribution in [0, 0.1) is 0 Å². The van der Waals surface area contributed by atoms with Gasteiger partial charge >= 0.3 is 0 Å². The lowest BCUT2D eigenvalue weighted by Gasteiger charge is -2.37. The molecule has 0 bridgehead atoms. The SMILES string of the molecule is CC1COC(CO)CN1CCC(=O)Nc1ccccc1. The van der Waals surface area contributed by atoms with E-state index in [1.54, 1.807) is 0 Å². The van der Waals surface area contributed by atoms with Gasteiger partial charge in [0.1, 0.15) is 0 Å². The molecule has 1 aliphatic rings. The number of ether oxygens (including phenoxy) is 1. The second-order valence-electron chi connectivity index (χ2n) is 5.15. The van der Waals surface area contributed by atoms with Crippen molar-refractivity contribution in [1.29, 1.82) is 0 Å². The molecular weight excluding hydrogens is 256 g/mol. The minimum Gasteiger partial charge on any atom is -0.394 e. The van der Waals surface area contributed by atoms with E-state index in [0.29, 0.717) is 26.1 Å². The first-order valence-electron chi connectivity index (χ1n) is 7.00. The van der Waals surface area contributed by atoms with Crippen LogP contribution in [0.4, 0.5) is 5.69 Å². The molecule has 2 N–H and O–H groups in total. The summed E-state index contributed by atoms with van der Waals surface area (Å²) in [6.07, 6.45) is 0.306. The fourth-order valence-electron chi connectivity index (χ4n) is 2.29. The summed E-state index contributed by atoms with van der Waals surface area (Å²) in [6, 6.07) is 9.73. The smallest absolute Gasteiger partial charge is 0.225 e. The largest absolute Gasteiger partial charge is 0.394 e. The minimum absolute atomic E-state index is 0.00967. The molecule has 2 rings (SSSR count). The second-order valence-corrected chi connectivity index (χ2v) is 5.15. The molecule has 5 nitrogen and oxygen atoms in total. The molecule has 1 aromatic rings. The number of morpholine rings is 1. The van der Waals surface area contributed by atoms with Gasteiger partial charge in [-0.1, -0.05) is 18.2 Å². The van der Waals surface area contributed by atoms with Crippen molar-refractivity contribution in [2.75, 3.05) is 31.6 Å². The van der Waals surface area contributed by atoms with Gasteiger partial charge in [-0.3, -0.25) is 9.69 Å². The van der Waals surface area contributed by atoms with Crippen molar-refractivity contribution in [2.24, 2.45) is 0 Å². The van der Waals surface area contributed by atoms with Gasteiger partial charge in [0.2, 0.25) is 5.91 Å². The molecule has 0 aromatic heterocycles. The van der Waals surface area contributed by atoms with Crippen molar-refractivity contribution < 1.29 is 14.6 Å². The van der Waals surface area contributed by atoms with E-state index in [4.69, 9.17) is 9.84 Å². The number of anilines is 1. The molecule has 1 fully saturated rings. The number of benzene rings is 1. The Morgan fingerprint density at radius 3 is 2.90 bits per heavy atom. The van der Waals surface area contributed by atoms with Crippen LogP contribution >= 0.6 is 0 Å². The molecule has 1 saturated heterocycles. The lowest BCUT2D eigenvalue weighted by Crippen LogP contribution is -2.50. The number of aliphatic hydroxyl groups is 1. The van der Waals surface area contributed by atoms with Gasteiger partial charge in [-0.25, -0.2) is 0 Å². The number of carbonyl (C=O) groups excluding carboxylic acids is 1. The Kier molecular flexibility index (Phi) is 5.52. The van der Waals surface area contributed by atoms with Crippen LogP contribution in [0.3, 0.4) is 0 Å². The fraction of sp³-hybridized carbons (Fsp3) is 0.533. The third-order valence-electron chi connectivity index (χ3n) is 3.52. The maximum atomic E-state index is 11.9. The van der Waals surface area contributed by atoms with E-state index in [9.17, 15) is 4.79 Å². The van der Waals surface area contributed by atoms with Crippen LogP contribution < -0.4 is 5.32 Å². The number of carbonyl (C=O) groups is 1. The first kappa shape index (κ1) is 15.0. The third kappa shape index (κ3) is 4.30. The molecule has 0 saturated carbocycles. The highest BCUT2D eigenvalue weighted by molar-refractivity contribution is 5.90. The Balaban J connectivity index is 1.77. The zero-order valence-electron chi connectivity index (χ0n) is 11.8. The highest BCUT2D eigenvalue weighted by atomic mass is 16.5. The molecule has 0 aliphatic carbocycles. The number of nitrogens with one attached hydrogen (secondary N) is 1. The standard InChI is InChI=1S/C15H22N2O3/c1-12-11-20-14(10-18)9-17(12)8-7-15(19)16-13-5-3-2-4-6-13/h2-6,12,14,18H,7-11H2,1H3,(H,16,19). The predicted molar refractivity (Wildman–Crippen MR) is 77.5 cm³/mol. The van der Waals surface area contributed by atoms with Crippen molar-refractivity contribution in [3.63, 3.8) is 0 Å². The summed E-state index contributed by atoms with van der Waals surface area (Å²) in [4.78, 5) is 14.1. The molecule has 1 aromatic carbocycles. The molecule has 1 aliphatic heterocycles. The fourth-order valence-corrected chi connectivity index (χ4v) is 2.29. The normalized spacial score (nSPS) is 23.5. The lowest BCUT2D eigenvalue weighted by molar-refractivity contribution is -0.118. The Bertz CT molecular complexity index is 424. The van der Waals surface area contributed by atoms with Crippen LogP contribution in [0.1, 0.15) is 13.3 Å². The number of para-hydroxylation sites is 1. The van der Waals surface area contributed by atoms with Crippen molar-refractivity contribution in [3.05, 3.63) is 30.3 Å². The predicted octanol–water partition coefficient (Wildman–Crippen LogP) is 1.10. The summed E-state index contributed by atoms with van der Waals surface area (Å²) in [7, 11) is 0. The first-order chi connectivity index (χ1) is 9.69. The van der Waals surface area contributed by atoms with Gasteiger partial charge in [0, 0.05) is 31.2 Å². The van der Waals surface area contributed by atoms with Crippen molar-refractivity contribution >= 4 is 11.6 Å². The molecule has 1 amide bonds. The van der Waals surface area contributed by atoms with Crippen LogP contribution in [-0.4, -0.2) is 54.4 Å². The van der Waals surface area contributed by atoms with Crippen molar-refractivity contribution in [3.8, 4) is 0 Å². The minimum atomic E-state index is -0.136. The topological polar surface area (TPSA) is 61.8 Å². The number of hydrogen-bond acceptors (Lipinski definition) is 4. The van der Waals surface area contributed by atoms with Crippen molar-refractivity contribution in [2.45, 2.75) is 25.5 Å². The van der Waals surface area contributed by atoms with Crippen LogP contribution in [0.2, 0.25) is 0 Å². The van der Waals surface area contributed by atoms with Crippen molar-refractivity contribution in [1.82, 2.24) is 4.90 Å². The van der Waals surface area contributed by atoms with E-state index in [1.807, 2.05) is 30.3 Å². The van der Waals surface area contributed by atoms with Crippen LogP contribution in [0.25, 0.3) is 0 Å². The molecule has 0 radical (unpaired) electrons. The summed E-state index contributed by atoms with van der Waals surface area (Å²) in [5.41, 5.74) is 0.820. The molecule has 0 spiro atoms. The average Bonchev–Trinajstić information content (AvgIpc) is 2.47. The molecule has 110 valence electrons. The van der Waals surface area contributed by atoms with Gasteiger partial charge in [0.15, 0.2) is 0 Å². The zero-order chi connectivity index (χ0) is 14.4. The maximum absolute atomic E-state index is 11.9. The average molecular weight is 278 g/mol. The summed E-state index contributed by atoms with van der Waals surface area (Å²) < 4.78 is 5.48. The van der Waals surface area contributed by atoms with Gasteiger partial charge in [-0.2, -0.15) is 0 Å². The Labute approximate surface area is 119 Å².